The molecule has 0 spiro atoms. The lowest BCUT2D eigenvalue weighted by Crippen LogP contribution is -1.91. The van der Waals surface area contributed by atoms with Gasteiger partial charge in [-0.3, -0.25) is 5.43 Å². The van der Waals surface area contributed by atoms with Crippen LogP contribution in [0.25, 0.3) is 0 Å². The van der Waals surface area contributed by atoms with E-state index in [9.17, 15) is 0 Å². The summed E-state index contributed by atoms with van der Waals surface area (Å²) in [7, 11) is 0. The lowest BCUT2D eigenvalue weighted by atomic mass is 10.3. The van der Waals surface area contributed by atoms with Gasteiger partial charge in [0.1, 0.15) is 0 Å². The number of rotatable bonds is 3. The van der Waals surface area contributed by atoms with Crippen molar-refractivity contribution in [1.82, 2.24) is 0 Å². The average Bonchev–Trinajstić information content (AvgIpc) is 2.43. The minimum Gasteiger partial charge on any atom is -0.275 e. The normalized spacial score (nSPS) is 11.8. The zero-order valence-corrected chi connectivity index (χ0v) is 12.4. The van der Waals surface area contributed by atoms with Gasteiger partial charge in [-0.15, -0.1) is 15.3 Å². The molecule has 0 fully saturated rings. The summed E-state index contributed by atoms with van der Waals surface area (Å²) in [6.45, 7) is 0. The number of hydrogen-bond acceptors (Lipinski definition) is 3. The summed E-state index contributed by atoms with van der Waals surface area (Å²) in [4.78, 5) is 0. The number of hydrogen-bond donors (Lipinski definition) is 1. The highest BCUT2D eigenvalue weighted by atomic mass is 35.5. The molecule has 0 aliphatic rings. The van der Waals surface area contributed by atoms with E-state index in [1.54, 1.807) is 48.5 Å². The third-order valence-electron chi connectivity index (χ3n) is 2.16. The van der Waals surface area contributed by atoms with Crippen molar-refractivity contribution < 1.29 is 0 Å². The molecule has 2 aromatic rings. The largest absolute Gasteiger partial charge is 0.275 e. The van der Waals surface area contributed by atoms with Crippen molar-refractivity contribution in [3.63, 3.8) is 0 Å². The van der Waals surface area contributed by atoms with E-state index >= 15 is 0 Å². The number of hydrazone groups is 1. The van der Waals surface area contributed by atoms with E-state index < -0.39 is 0 Å². The molecule has 0 saturated carbocycles. The van der Waals surface area contributed by atoms with Crippen molar-refractivity contribution in [3.05, 3.63) is 58.6 Å². The van der Waals surface area contributed by atoms with E-state index in [-0.39, 0.29) is 5.29 Å². The molecule has 0 aliphatic heterocycles. The Kier molecular flexibility index (Phi) is 5.35. The number of benzene rings is 2. The fourth-order valence-corrected chi connectivity index (χ4v) is 1.78. The molecule has 2 aromatic carbocycles. The Labute approximate surface area is 131 Å². The van der Waals surface area contributed by atoms with Crippen molar-refractivity contribution in [1.29, 1.82) is 0 Å². The Hall–Kier alpha value is -1.62. The highest BCUT2D eigenvalue weighted by Crippen LogP contribution is 2.18. The van der Waals surface area contributed by atoms with Crippen LogP contribution >= 0.6 is 34.8 Å². The number of amidine groups is 1. The summed E-state index contributed by atoms with van der Waals surface area (Å²) < 4.78 is 0. The number of halogens is 3. The molecule has 0 aliphatic carbocycles. The zero-order chi connectivity index (χ0) is 14.4. The summed E-state index contributed by atoms with van der Waals surface area (Å²) in [5.74, 6) is 0. The third-order valence-corrected chi connectivity index (χ3v) is 2.79. The van der Waals surface area contributed by atoms with Gasteiger partial charge in [0.05, 0.1) is 11.4 Å². The van der Waals surface area contributed by atoms with Crippen molar-refractivity contribution in [2.45, 2.75) is 0 Å². The predicted octanol–water partition coefficient (Wildman–Crippen LogP) is 5.70. The number of nitrogens with one attached hydrogen (secondary N) is 1. The van der Waals surface area contributed by atoms with Crippen LogP contribution in [0.15, 0.2) is 63.9 Å². The Balaban J connectivity index is 2.00. The van der Waals surface area contributed by atoms with Gasteiger partial charge in [-0.05, 0) is 48.0 Å². The first-order valence-electron chi connectivity index (χ1n) is 5.55. The van der Waals surface area contributed by atoms with E-state index in [0.29, 0.717) is 21.4 Å². The highest BCUT2D eigenvalue weighted by Gasteiger charge is 1.95. The van der Waals surface area contributed by atoms with Crippen LogP contribution in [0, 0.1) is 0 Å². The molecule has 0 amide bonds. The second-order valence-electron chi connectivity index (χ2n) is 3.68. The average molecular weight is 328 g/mol. The van der Waals surface area contributed by atoms with Crippen LogP contribution in [0.3, 0.4) is 0 Å². The first-order chi connectivity index (χ1) is 9.63. The van der Waals surface area contributed by atoms with Crippen LogP contribution in [0.1, 0.15) is 0 Å². The smallest absolute Gasteiger partial charge is 0.260 e. The Bertz CT molecular complexity index is 656. The van der Waals surface area contributed by atoms with Gasteiger partial charge in [-0.1, -0.05) is 35.3 Å². The van der Waals surface area contributed by atoms with Gasteiger partial charge in [-0.25, -0.2) is 0 Å². The van der Waals surface area contributed by atoms with Crippen LogP contribution in [-0.2, 0) is 0 Å². The number of anilines is 1. The van der Waals surface area contributed by atoms with Gasteiger partial charge in [0.15, 0.2) is 0 Å². The number of azo groups is 1. The Morgan fingerprint density at radius 3 is 2.35 bits per heavy atom. The predicted molar refractivity (Wildman–Crippen MR) is 84.3 cm³/mol. The van der Waals surface area contributed by atoms with E-state index in [4.69, 9.17) is 34.8 Å². The molecule has 1 N–H and O–H groups in total. The van der Waals surface area contributed by atoms with Gasteiger partial charge in [-0.2, -0.15) is 0 Å². The van der Waals surface area contributed by atoms with E-state index in [2.05, 4.69) is 20.8 Å². The zero-order valence-electron chi connectivity index (χ0n) is 10.1. The topological polar surface area (TPSA) is 49.1 Å². The van der Waals surface area contributed by atoms with Crippen LogP contribution in [0.5, 0.6) is 0 Å². The van der Waals surface area contributed by atoms with Crippen LogP contribution in [0.2, 0.25) is 10.0 Å². The minimum absolute atomic E-state index is 0.0371. The van der Waals surface area contributed by atoms with Crippen molar-refractivity contribution in [2.24, 2.45) is 15.3 Å². The molecule has 0 radical (unpaired) electrons. The Morgan fingerprint density at radius 1 is 0.950 bits per heavy atom. The third kappa shape index (κ3) is 4.81. The quantitative estimate of drug-likeness (QED) is 0.254. The second-order valence-corrected chi connectivity index (χ2v) is 4.89. The van der Waals surface area contributed by atoms with E-state index in [1.807, 2.05) is 0 Å². The summed E-state index contributed by atoms with van der Waals surface area (Å²) in [6, 6.07) is 14.0. The van der Waals surface area contributed by atoms with Crippen LogP contribution < -0.4 is 5.43 Å². The monoisotopic (exact) mass is 326 g/mol. The molecule has 0 unspecified atom stereocenters. The lowest BCUT2D eigenvalue weighted by Gasteiger charge is -1.99. The SMILES string of the molecule is Cl/C(N=Nc1cccc(Cl)c1)=N\Nc1cccc(Cl)c1. The molecule has 0 bridgehead atoms. The summed E-state index contributed by atoms with van der Waals surface area (Å²) in [6.07, 6.45) is 0. The molecule has 4 nitrogen and oxygen atoms in total. The molecule has 7 heteroatoms. The maximum atomic E-state index is 5.84. The van der Waals surface area contributed by atoms with Gasteiger partial charge >= 0.3 is 0 Å². The molecule has 20 heavy (non-hydrogen) atoms. The van der Waals surface area contributed by atoms with Crippen molar-refractivity contribution in [2.75, 3.05) is 5.43 Å². The molecule has 2 rings (SSSR count). The minimum atomic E-state index is -0.0371. The fraction of sp³-hybridized carbons (Fsp3) is 0. The maximum Gasteiger partial charge on any atom is 0.260 e. The first-order valence-corrected chi connectivity index (χ1v) is 6.69. The maximum absolute atomic E-state index is 5.84. The van der Waals surface area contributed by atoms with Gasteiger partial charge < -0.3 is 0 Å². The summed E-state index contributed by atoms with van der Waals surface area (Å²) in [5, 5.41) is 12.7. The van der Waals surface area contributed by atoms with Crippen molar-refractivity contribution >= 4 is 51.5 Å². The second kappa shape index (κ2) is 7.24. The first kappa shape index (κ1) is 14.8. The fourth-order valence-electron chi connectivity index (χ4n) is 1.33. The molecule has 102 valence electrons. The lowest BCUT2D eigenvalue weighted by molar-refractivity contribution is 1.25. The highest BCUT2D eigenvalue weighted by molar-refractivity contribution is 6.65. The van der Waals surface area contributed by atoms with Crippen molar-refractivity contribution in [3.8, 4) is 0 Å². The Morgan fingerprint density at radius 2 is 1.65 bits per heavy atom. The summed E-state index contributed by atoms with van der Waals surface area (Å²) in [5.41, 5.74) is 4.02. The molecule has 0 atom stereocenters. The van der Waals surface area contributed by atoms with E-state index in [1.165, 1.54) is 0 Å². The molecular formula is C13H9Cl3N4. The van der Waals surface area contributed by atoms with Crippen LogP contribution in [0.4, 0.5) is 11.4 Å². The van der Waals surface area contributed by atoms with E-state index in [0.717, 1.165) is 0 Å². The van der Waals surface area contributed by atoms with Gasteiger partial charge in [0, 0.05) is 10.0 Å². The molecular weight excluding hydrogens is 319 g/mol. The molecule has 0 heterocycles. The number of nitrogens with zero attached hydrogens (tertiary/aromatic N) is 3. The van der Waals surface area contributed by atoms with Crippen LogP contribution in [-0.4, -0.2) is 5.29 Å². The van der Waals surface area contributed by atoms with Gasteiger partial charge in [0.25, 0.3) is 5.29 Å². The standard InChI is InChI=1S/C13H9Cl3N4/c14-9-3-1-5-11(7-9)17-19-13(16)20-18-12-6-2-4-10(15)8-12/h1-8,17H/b19-13+,20-18?. The van der Waals surface area contributed by atoms with Gasteiger partial charge in [0.2, 0.25) is 0 Å². The summed E-state index contributed by atoms with van der Waals surface area (Å²) >= 11 is 17.5. The molecule has 0 saturated heterocycles. The molecule has 0 aromatic heterocycles.